The van der Waals surface area contributed by atoms with Crippen LogP contribution in [0.5, 0.6) is 0 Å². The third-order valence-electron chi connectivity index (χ3n) is 3.98. The van der Waals surface area contributed by atoms with Crippen LogP contribution in [0, 0.1) is 29.9 Å². The van der Waals surface area contributed by atoms with E-state index in [0.29, 0.717) is 18.1 Å². The molecule has 0 aliphatic carbocycles. The van der Waals surface area contributed by atoms with E-state index in [2.05, 4.69) is 10.00 Å². The molecule has 0 bridgehead atoms. The molecule has 0 unspecified atom stereocenters. The predicted molar refractivity (Wildman–Crippen MR) is 74.7 cm³/mol. The molecule has 0 radical (unpaired) electrons. The van der Waals surface area contributed by atoms with Gasteiger partial charge < -0.3 is 4.74 Å². The highest BCUT2D eigenvalue weighted by Crippen LogP contribution is 2.23. The van der Waals surface area contributed by atoms with Gasteiger partial charge in [0.15, 0.2) is 0 Å². The fourth-order valence-electron chi connectivity index (χ4n) is 2.76. The summed E-state index contributed by atoms with van der Waals surface area (Å²) in [7, 11) is 1.41. The Bertz CT molecular complexity index is 547. The van der Waals surface area contributed by atoms with Crippen molar-refractivity contribution in [1.82, 2.24) is 14.7 Å². The molecule has 0 spiro atoms. The van der Waals surface area contributed by atoms with Crippen molar-refractivity contribution in [2.75, 3.05) is 20.2 Å². The fourth-order valence-corrected chi connectivity index (χ4v) is 2.76. The molecule has 2 rings (SSSR count). The van der Waals surface area contributed by atoms with Crippen LogP contribution in [-0.4, -0.2) is 45.8 Å². The van der Waals surface area contributed by atoms with Gasteiger partial charge in [0.25, 0.3) is 0 Å². The van der Waals surface area contributed by atoms with Crippen LogP contribution in [0.3, 0.4) is 0 Å². The summed E-state index contributed by atoms with van der Waals surface area (Å²) in [6.45, 7) is 5.37. The van der Waals surface area contributed by atoms with Gasteiger partial charge in [-0.25, -0.2) is 4.68 Å². The molecule has 1 fully saturated rings. The fraction of sp³-hybridized carbons (Fsp3) is 0.692. The number of carbonyl (C=O) groups excluding carboxylic acids is 1. The molecule has 21 heavy (non-hydrogen) atoms. The Morgan fingerprint density at radius 1 is 1.43 bits per heavy atom. The third-order valence-corrected chi connectivity index (χ3v) is 3.98. The second kappa shape index (κ2) is 6.21. The average Bonchev–Trinajstić information content (AvgIpc) is 2.73. The van der Waals surface area contributed by atoms with Crippen LogP contribution in [0.2, 0.25) is 0 Å². The highest BCUT2D eigenvalue weighted by molar-refractivity contribution is 5.72. The van der Waals surface area contributed by atoms with Gasteiger partial charge >= 0.3 is 11.7 Å². The Morgan fingerprint density at radius 3 is 2.52 bits per heavy atom. The minimum atomic E-state index is -0.391. The topological polar surface area (TPSA) is 90.5 Å². The van der Waals surface area contributed by atoms with Crippen LogP contribution in [0.15, 0.2) is 0 Å². The van der Waals surface area contributed by atoms with Crippen molar-refractivity contribution in [3.63, 3.8) is 0 Å². The van der Waals surface area contributed by atoms with E-state index in [0.717, 1.165) is 25.9 Å². The van der Waals surface area contributed by atoms with Gasteiger partial charge in [0, 0.05) is 13.1 Å². The molecule has 1 aliphatic heterocycles. The molecule has 8 heteroatoms. The molecular weight excluding hydrogens is 276 g/mol. The summed E-state index contributed by atoms with van der Waals surface area (Å²) in [5.41, 5.74) is 1.08. The number of piperidine rings is 1. The van der Waals surface area contributed by atoms with Gasteiger partial charge in [-0.3, -0.25) is 19.8 Å². The lowest BCUT2D eigenvalue weighted by Gasteiger charge is -2.30. The highest BCUT2D eigenvalue weighted by atomic mass is 16.6. The molecule has 1 saturated heterocycles. The van der Waals surface area contributed by atoms with Gasteiger partial charge in [0.2, 0.25) is 0 Å². The molecule has 0 N–H and O–H groups in total. The summed E-state index contributed by atoms with van der Waals surface area (Å²) in [6, 6.07) is 0. The van der Waals surface area contributed by atoms with Gasteiger partial charge in [-0.15, -0.1) is 0 Å². The van der Waals surface area contributed by atoms with Gasteiger partial charge in [0.1, 0.15) is 11.4 Å². The standard InChI is InChI=1S/C13H20N4O4/c1-9-12(17(19)20)10(2)16(14-9)8-15-6-4-11(5-7-15)13(18)21-3/h11H,4-8H2,1-3H3. The van der Waals surface area contributed by atoms with E-state index in [9.17, 15) is 14.9 Å². The Kier molecular flexibility index (Phi) is 4.56. The molecule has 0 aromatic carbocycles. The Labute approximate surface area is 122 Å². The number of likely N-dealkylation sites (tertiary alicyclic amines) is 1. The summed E-state index contributed by atoms with van der Waals surface area (Å²) in [5.74, 6) is -0.197. The van der Waals surface area contributed by atoms with Crippen LogP contribution in [0.4, 0.5) is 5.69 Å². The number of esters is 1. The molecule has 0 saturated carbocycles. The number of rotatable bonds is 4. The first-order valence-electron chi connectivity index (χ1n) is 6.92. The van der Waals surface area contributed by atoms with Crippen LogP contribution < -0.4 is 0 Å². The summed E-state index contributed by atoms with van der Waals surface area (Å²) in [6.07, 6.45) is 1.49. The average molecular weight is 296 g/mol. The number of aryl methyl sites for hydroxylation is 1. The number of hydrogen-bond donors (Lipinski definition) is 0. The van der Waals surface area contributed by atoms with E-state index < -0.39 is 4.92 Å². The molecule has 8 nitrogen and oxygen atoms in total. The number of aromatic nitrogens is 2. The molecule has 2 heterocycles. The quantitative estimate of drug-likeness (QED) is 0.472. The molecule has 116 valence electrons. The van der Waals surface area contributed by atoms with Gasteiger partial charge in [0.05, 0.1) is 24.6 Å². The van der Waals surface area contributed by atoms with E-state index >= 15 is 0 Å². The summed E-state index contributed by atoms with van der Waals surface area (Å²) in [4.78, 5) is 24.2. The normalized spacial score (nSPS) is 16.9. The van der Waals surface area contributed by atoms with Crippen molar-refractivity contribution in [3.8, 4) is 0 Å². The maximum atomic E-state index is 11.5. The number of methoxy groups -OCH3 is 1. The monoisotopic (exact) mass is 296 g/mol. The van der Waals surface area contributed by atoms with E-state index in [1.165, 1.54) is 7.11 Å². The van der Waals surface area contributed by atoms with Gasteiger partial charge in [-0.05, 0) is 26.7 Å². The maximum Gasteiger partial charge on any atom is 0.312 e. The molecule has 1 aromatic rings. The van der Waals surface area contributed by atoms with Gasteiger partial charge in [-0.1, -0.05) is 0 Å². The van der Waals surface area contributed by atoms with Gasteiger partial charge in [-0.2, -0.15) is 5.10 Å². The first-order chi connectivity index (χ1) is 9.93. The first kappa shape index (κ1) is 15.4. The summed E-state index contributed by atoms with van der Waals surface area (Å²) in [5, 5.41) is 15.2. The lowest BCUT2D eigenvalue weighted by atomic mass is 9.97. The molecular formula is C13H20N4O4. The second-order valence-corrected chi connectivity index (χ2v) is 5.33. The van der Waals surface area contributed by atoms with Crippen molar-refractivity contribution in [1.29, 1.82) is 0 Å². The molecule has 1 aliphatic rings. The van der Waals surface area contributed by atoms with E-state index in [1.807, 2.05) is 0 Å². The van der Waals surface area contributed by atoms with E-state index in [1.54, 1.807) is 18.5 Å². The summed E-state index contributed by atoms with van der Waals surface area (Å²) < 4.78 is 6.42. The molecule has 0 amide bonds. The Hall–Kier alpha value is -1.96. The number of carbonyl (C=O) groups is 1. The Morgan fingerprint density at radius 2 is 2.05 bits per heavy atom. The number of hydrogen-bond acceptors (Lipinski definition) is 6. The highest BCUT2D eigenvalue weighted by Gasteiger charge is 2.27. The zero-order valence-electron chi connectivity index (χ0n) is 12.5. The van der Waals surface area contributed by atoms with E-state index in [4.69, 9.17) is 4.74 Å². The van der Waals surface area contributed by atoms with E-state index in [-0.39, 0.29) is 17.6 Å². The van der Waals surface area contributed by atoms with Crippen molar-refractivity contribution < 1.29 is 14.5 Å². The zero-order valence-corrected chi connectivity index (χ0v) is 12.5. The summed E-state index contributed by atoms with van der Waals surface area (Å²) >= 11 is 0. The van der Waals surface area contributed by atoms with Crippen LogP contribution in [0.1, 0.15) is 24.2 Å². The van der Waals surface area contributed by atoms with Crippen molar-refractivity contribution >= 4 is 11.7 Å². The minimum absolute atomic E-state index is 0.0407. The predicted octanol–water partition coefficient (Wildman–Crippen LogP) is 1.25. The number of nitrogens with zero attached hydrogens (tertiary/aromatic N) is 4. The van der Waals surface area contributed by atoms with Crippen molar-refractivity contribution in [2.24, 2.45) is 5.92 Å². The number of nitro groups is 1. The van der Waals surface area contributed by atoms with Crippen LogP contribution in [-0.2, 0) is 16.2 Å². The third kappa shape index (κ3) is 3.21. The smallest absolute Gasteiger partial charge is 0.312 e. The van der Waals surface area contributed by atoms with Crippen LogP contribution in [0.25, 0.3) is 0 Å². The SMILES string of the molecule is COC(=O)C1CCN(Cn2nc(C)c([N+](=O)[O-])c2C)CC1. The largest absolute Gasteiger partial charge is 0.469 e. The molecule has 0 atom stereocenters. The minimum Gasteiger partial charge on any atom is -0.469 e. The number of ether oxygens (including phenoxy) is 1. The zero-order chi connectivity index (χ0) is 15.6. The Balaban J connectivity index is 2.00. The lowest BCUT2D eigenvalue weighted by molar-refractivity contribution is -0.386. The van der Waals surface area contributed by atoms with Crippen molar-refractivity contribution in [3.05, 3.63) is 21.5 Å². The van der Waals surface area contributed by atoms with Crippen molar-refractivity contribution in [2.45, 2.75) is 33.4 Å². The lowest BCUT2D eigenvalue weighted by Crippen LogP contribution is -2.38. The first-order valence-corrected chi connectivity index (χ1v) is 6.92. The van der Waals surface area contributed by atoms with Crippen LogP contribution >= 0.6 is 0 Å². The maximum absolute atomic E-state index is 11.5. The second-order valence-electron chi connectivity index (χ2n) is 5.33. The molecule has 1 aromatic heterocycles.